The maximum absolute atomic E-state index is 13.1. The Kier molecular flexibility index (Phi) is 5.93. The molecular formula is C23H33NO4. The molecule has 2 atom stereocenters. The average molecular weight is 388 g/mol. The van der Waals surface area contributed by atoms with Crippen LogP contribution in [0, 0.1) is 11.8 Å². The number of benzene rings is 1. The van der Waals surface area contributed by atoms with Gasteiger partial charge < -0.3 is 19.5 Å². The predicted octanol–water partition coefficient (Wildman–Crippen LogP) is 3.28. The van der Waals surface area contributed by atoms with Gasteiger partial charge in [-0.1, -0.05) is 6.07 Å². The van der Waals surface area contributed by atoms with Gasteiger partial charge >= 0.3 is 0 Å². The van der Waals surface area contributed by atoms with E-state index in [0.29, 0.717) is 18.4 Å². The van der Waals surface area contributed by atoms with E-state index in [2.05, 4.69) is 17.4 Å². The minimum atomic E-state index is -0.911. The quantitative estimate of drug-likeness (QED) is 0.842. The third kappa shape index (κ3) is 4.36. The molecule has 1 aromatic rings. The van der Waals surface area contributed by atoms with Gasteiger partial charge in [-0.25, -0.2) is 0 Å². The van der Waals surface area contributed by atoms with Crippen LogP contribution in [0.25, 0.3) is 0 Å². The number of carbonyl (C=O) groups excluding carboxylic acids is 1. The molecule has 1 aromatic carbocycles. The Morgan fingerprint density at radius 1 is 1.07 bits per heavy atom. The molecule has 0 unspecified atom stereocenters. The molecule has 5 heteroatoms. The van der Waals surface area contributed by atoms with Gasteiger partial charge in [0.2, 0.25) is 0 Å². The van der Waals surface area contributed by atoms with Gasteiger partial charge in [-0.3, -0.25) is 4.79 Å². The van der Waals surface area contributed by atoms with E-state index in [1.54, 1.807) is 0 Å². The molecule has 154 valence electrons. The Labute approximate surface area is 168 Å². The molecule has 1 N–H and O–H groups in total. The predicted molar refractivity (Wildman–Crippen MR) is 108 cm³/mol. The summed E-state index contributed by atoms with van der Waals surface area (Å²) in [5.41, 5.74) is 1.86. The molecule has 2 aliphatic heterocycles. The van der Waals surface area contributed by atoms with Gasteiger partial charge in [-0.05, 0) is 81.5 Å². The van der Waals surface area contributed by atoms with Gasteiger partial charge in [0, 0.05) is 31.8 Å². The lowest BCUT2D eigenvalue weighted by atomic mass is 9.79. The van der Waals surface area contributed by atoms with Crippen LogP contribution in [0.4, 0.5) is 0 Å². The van der Waals surface area contributed by atoms with E-state index in [4.69, 9.17) is 14.2 Å². The number of hydrogen-bond acceptors (Lipinski definition) is 4. The molecule has 4 rings (SSSR count). The average Bonchev–Trinajstić information content (AvgIpc) is 3.16. The second kappa shape index (κ2) is 8.42. The van der Waals surface area contributed by atoms with Crippen molar-refractivity contribution in [1.29, 1.82) is 0 Å². The van der Waals surface area contributed by atoms with E-state index < -0.39 is 5.60 Å². The highest BCUT2D eigenvalue weighted by Gasteiger charge is 2.38. The van der Waals surface area contributed by atoms with Crippen molar-refractivity contribution in [3.8, 4) is 5.75 Å². The summed E-state index contributed by atoms with van der Waals surface area (Å²) >= 11 is 0. The van der Waals surface area contributed by atoms with Crippen LogP contribution in [0.5, 0.6) is 5.75 Å². The first-order chi connectivity index (χ1) is 13.5. The van der Waals surface area contributed by atoms with Crippen LogP contribution in [-0.4, -0.2) is 44.0 Å². The molecule has 0 spiro atoms. The van der Waals surface area contributed by atoms with Crippen LogP contribution in [-0.2, 0) is 27.1 Å². The molecule has 1 amide bonds. The molecule has 0 bridgehead atoms. The molecular weight excluding hydrogens is 354 g/mol. The second-order valence-electron chi connectivity index (χ2n) is 8.95. The monoisotopic (exact) mass is 387 g/mol. The molecule has 0 saturated carbocycles. The summed E-state index contributed by atoms with van der Waals surface area (Å²) in [6.07, 6.45) is 6.43. The van der Waals surface area contributed by atoms with Crippen molar-refractivity contribution in [3.63, 3.8) is 0 Å². The number of rotatable bonds is 5. The van der Waals surface area contributed by atoms with Gasteiger partial charge in [0.25, 0.3) is 5.91 Å². The third-order valence-corrected chi connectivity index (χ3v) is 6.58. The zero-order valence-corrected chi connectivity index (χ0v) is 17.2. The fourth-order valence-corrected chi connectivity index (χ4v) is 4.84. The first-order valence-electron chi connectivity index (χ1n) is 10.8. The maximum atomic E-state index is 13.1. The van der Waals surface area contributed by atoms with Crippen molar-refractivity contribution in [3.05, 3.63) is 29.3 Å². The van der Waals surface area contributed by atoms with Gasteiger partial charge in [-0.15, -0.1) is 0 Å². The highest BCUT2D eigenvalue weighted by molar-refractivity contribution is 5.85. The van der Waals surface area contributed by atoms with Crippen molar-refractivity contribution in [1.82, 2.24) is 5.32 Å². The summed E-state index contributed by atoms with van der Waals surface area (Å²) in [6, 6.07) is 6.40. The van der Waals surface area contributed by atoms with Crippen molar-refractivity contribution >= 4 is 5.91 Å². The Hall–Kier alpha value is -1.59. The number of hydrogen-bond donors (Lipinski definition) is 1. The van der Waals surface area contributed by atoms with Crippen molar-refractivity contribution in [2.24, 2.45) is 11.8 Å². The molecule has 2 heterocycles. The molecule has 0 aromatic heterocycles. The first-order valence-corrected chi connectivity index (χ1v) is 10.8. The SMILES string of the molecule is CC(C)(Oc1ccc2c(c1)CCC2)C(=O)N[C@H]1CCOC[C@H]1C1CCOCC1. The van der Waals surface area contributed by atoms with Crippen molar-refractivity contribution < 1.29 is 19.0 Å². The minimum absolute atomic E-state index is 0.0445. The number of aryl methyl sites for hydroxylation is 2. The number of amides is 1. The van der Waals surface area contributed by atoms with Gasteiger partial charge in [0.15, 0.2) is 5.60 Å². The smallest absolute Gasteiger partial charge is 0.263 e. The van der Waals surface area contributed by atoms with E-state index in [1.165, 1.54) is 17.5 Å². The summed E-state index contributed by atoms with van der Waals surface area (Å²) in [4.78, 5) is 13.1. The number of nitrogens with one attached hydrogen (secondary N) is 1. The van der Waals surface area contributed by atoms with Crippen LogP contribution in [0.1, 0.15) is 50.7 Å². The zero-order valence-electron chi connectivity index (χ0n) is 17.2. The lowest BCUT2D eigenvalue weighted by molar-refractivity contribution is -0.137. The Morgan fingerprint density at radius 2 is 1.82 bits per heavy atom. The molecule has 28 heavy (non-hydrogen) atoms. The van der Waals surface area contributed by atoms with E-state index in [0.717, 1.165) is 57.7 Å². The number of ether oxygens (including phenoxy) is 3. The summed E-state index contributed by atoms with van der Waals surface area (Å²) in [7, 11) is 0. The molecule has 5 nitrogen and oxygen atoms in total. The standard InChI is InChI=1S/C23H33NO4/c1-23(2,28-19-7-6-16-4-3-5-18(16)14-19)22(25)24-21-10-13-27-15-20(21)17-8-11-26-12-9-17/h6-7,14,17,20-21H,3-5,8-13,15H2,1-2H3,(H,24,25)/t20-,21-/m0/s1. The van der Waals surface area contributed by atoms with Crippen molar-refractivity contribution in [2.75, 3.05) is 26.4 Å². The summed E-state index contributed by atoms with van der Waals surface area (Å²) in [5, 5.41) is 3.29. The first kappa shape index (κ1) is 19.7. The lowest BCUT2D eigenvalue weighted by Crippen LogP contribution is -2.55. The molecule has 1 aliphatic carbocycles. The second-order valence-corrected chi connectivity index (χ2v) is 8.95. The topological polar surface area (TPSA) is 56.8 Å². The maximum Gasteiger partial charge on any atom is 0.263 e. The van der Waals surface area contributed by atoms with Crippen LogP contribution in [0.3, 0.4) is 0 Å². The summed E-state index contributed by atoms with van der Waals surface area (Å²) < 4.78 is 17.4. The highest BCUT2D eigenvalue weighted by Crippen LogP contribution is 2.31. The number of fused-ring (bicyclic) bond motifs is 1. The van der Waals surface area contributed by atoms with E-state index in [9.17, 15) is 4.79 Å². The van der Waals surface area contributed by atoms with Gasteiger partial charge in [-0.2, -0.15) is 0 Å². The largest absolute Gasteiger partial charge is 0.478 e. The van der Waals surface area contributed by atoms with E-state index >= 15 is 0 Å². The van der Waals surface area contributed by atoms with Gasteiger partial charge in [0.05, 0.1) is 6.61 Å². The normalized spacial score (nSPS) is 25.9. The molecule has 0 radical (unpaired) electrons. The van der Waals surface area contributed by atoms with Crippen molar-refractivity contribution in [2.45, 2.75) is 64.0 Å². The molecule has 2 saturated heterocycles. The Morgan fingerprint density at radius 3 is 2.64 bits per heavy atom. The number of carbonyl (C=O) groups is 1. The third-order valence-electron chi connectivity index (χ3n) is 6.58. The lowest BCUT2D eigenvalue weighted by Gasteiger charge is -2.40. The molecule has 2 fully saturated rings. The Bertz CT molecular complexity index is 696. The minimum Gasteiger partial charge on any atom is -0.478 e. The fourth-order valence-electron chi connectivity index (χ4n) is 4.84. The fraction of sp³-hybridized carbons (Fsp3) is 0.696. The van der Waals surface area contributed by atoms with E-state index in [-0.39, 0.29) is 11.9 Å². The summed E-state index contributed by atoms with van der Waals surface area (Å²) in [6.45, 7) is 6.78. The molecule has 3 aliphatic rings. The van der Waals surface area contributed by atoms with Crippen LogP contribution >= 0.6 is 0 Å². The van der Waals surface area contributed by atoms with E-state index in [1.807, 2.05) is 19.9 Å². The Balaban J connectivity index is 1.40. The van der Waals surface area contributed by atoms with Crippen LogP contribution in [0.15, 0.2) is 18.2 Å². The summed E-state index contributed by atoms with van der Waals surface area (Å²) in [5.74, 6) is 1.66. The highest BCUT2D eigenvalue weighted by atomic mass is 16.5. The zero-order chi connectivity index (χ0) is 19.6. The van der Waals surface area contributed by atoms with Gasteiger partial charge in [0.1, 0.15) is 5.75 Å². The van der Waals surface area contributed by atoms with Crippen LogP contribution < -0.4 is 10.1 Å². The van der Waals surface area contributed by atoms with Crippen LogP contribution in [0.2, 0.25) is 0 Å².